The smallest absolute Gasteiger partial charge is 0.260 e. The molecule has 2 rings (SSSR count). The Balaban J connectivity index is 1.84. The molecule has 0 spiro atoms. The van der Waals surface area contributed by atoms with Gasteiger partial charge < -0.3 is 14.7 Å². The summed E-state index contributed by atoms with van der Waals surface area (Å²) >= 11 is 0. The van der Waals surface area contributed by atoms with Gasteiger partial charge in [0.05, 0.1) is 6.61 Å². The number of ether oxygens (including phenoxy) is 1. The second-order valence-corrected chi connectivity index (χ2v) is 4.83. The van der Waals surface area contributed by atoms with Crippen LogP contribution >= 0.6 is 0 Å². The first-order valence-electron chi connectivity index (χ1n) is 6.86. The molecular formula is C15H21NO3. The zero-order valence-electron chi connectivity index (χ0n) is 11.3. The highest BCUT2D eigenvalue weighted by molar-refractivity contribution is 5.78. The van der Waals surface area contributed by atoms with E-state index < -0.39 is 0 Å². The number of amides is 1. The molecule has 1 fully saturated rings. The number of rotatable bonds is 7. The summed E-state index contributed by atoms with van der Waals surface area (Å²) in [6.07, 6.45) is 3.07. The summed E-state index contributed by atoms with van der Waals surface area (Å²) in [6, 6.07) is 8.10. The molecule has 0 unspecified atom stereocenters. The molecule has 0 aromatic heterocycles. The predicted octanol–water partition coefficient (Wildman–Crippen LogP) is 1.61. The first kappa shape index (κ1) is 13.9. The molecule has 0 atom stereocenters. The van der Waals surface area contributed by atoms with Crippen LogP contribution < -0.4 is 4.74 Å². The molecular weight excluding hydrogens is 242 g/mol. The van der Waals surface area contributed by atoms with Gasteiger partial charge in [-0.25, -0.2) is 0 Å². The van der Waals surface area contributed by atoms with E-state index in [-0.39, 0.29) is 19.1 Å². The summed E-state index contributed by atoms with van der Waals surface area (Å²) < 4.78 is 5.50. The van der Waals surface area contributed by atoms with Gasteiger partial charge in [-0.1, -0.05) is 19.1 Å². The molecule has 0 saturated heterocycles. The van der Waals surface area contributed by atoms with Crippen molar-refractivity contribution in [3.63, 3.8) is 0 Å². The molecule has 1 aromatic rings. The van der Waals surface area contributed by atoms with Crippen LogP contribution in [0.4, 0.5) is 0 Å². The Hall–Kier alpha value is -1.55. The van der Waals surface area contributed by atoms with Crippen LogP contribution in [-0.4, -0.2) is 41.7 Å². The predicted molar refractivity (Wildman–Crippen MR) is 73.1 cm³/mol. The zero-order chi connectivity index (χ0) is 13.7. The lowest BCUT2D eigenvalue weighted by Gasteiger charge is -2.21. The maximum atomic E-state index is 12.0. The van der Waals surface area contributed by atoms with Gasteiger partial charge in [0.2, 0.25) is 0 Å². The fourth-order valence-corrected chi connectivity index (χ4v) is 2.05. The highest BCUT2D eigenvalue weighted by Crippen LogP contribution is 2.26. The van der Waals surface area contributed by atoms with Crippen LogP contribution in [0.25, 0.3) is 0 Å². The molecule has 1 aliphatic rings. The number of nitrogens with zero attached hydrogens (tertiary/aromatic N) is 1. The average Bonchev–Trinajstić information content (AvgIpc) is 3.27. The van der Waals surface area contributed by atoms with Crippen LogP contribution in [0.3, 0.4) is 0 Å². The van der Waals surface area contributed by atoms with Gasteiger partial charge in [-0.2, -0.15) is 0 Å². The fourth-order valence-electron chi connectivity index (χ4n) is 2.05. The fraction of sp³-hybridized carbons (Fsp3) is 0.533. The molecule has 0 aliphatic heterocycles. The molecule has 1 saturated carbocycles. The standard InChI is InChI=1S/C15H21NO3/c1-2-12-3-7-14(8-4-12)19-11-15(18)16(9-10-17)13-5-6-13/h3-4,7-8,13,17H,2,5-6,9-11H2,1H3. The summed E-state index contributed by atoms with van der Waals surface area (Å²) in [7, 11) is 0. The number of hydrogen-bond donors (Lipinski definition) is 1. The van der Waals surface area contributed by atoms with Crippen molar-refractivity contribution in [2.75, 3.05) is 19.8 Å². The Morgan fingerprint density at radius 1 is 1.37 bits per heavy atom. The van der Waals surface area contributed by atoms with Crippen molar-refractivity contribution in [2.45, 2.75) is 32.2 Å². The van der Waals surface area contributed by atoms with E-state index in [2.05, 4.69) is 6.92 Å². The van der Waals surface area contributed by atoms with Gasteiger partial charge in [-0.05, 0) is 37.0 Å². The summed E-state index contributed by atoms with van der Waals surface area (Å²) in [4.78, 5) is 13.7. The molecule has 1 amide bonds. The normalized spacial score (nSPS) is 14.2. The van der Waals surface area contributed by atoms with E-state index in [0.717, 1.165) is 19.3 Å². The molecule has 19 heavy (non-hydrogen) atoms. The van der Waals surface area contributed by atoms with Crippen LogP contribution in [0, 0.1) is 0 Å². The highest BCUT2D eigenvalue weighted by atomic mass is 16.5. The largest absolute Gasteiger partial charge is 0.484 e. The van der Waals surface area contributed by atoms with Gasteiger partial charge >= 0.3 is 0 Å². The van der Waals surface area contributed by atoms with Crippen LogP contribution in [0.5, 0.6) is 5.75 Å². The molecule has 1 aromatic carbocycles. The topological polar surface area (TPSA) is 49.8 Å². The second-order valence-electron chi connectivity index (χ2n) is 4.83. The van der Waals surface area contributed by atoms with Gasteiger partial charge in [0.25, 0.3) is 5.91 Å². The molecule has 104 valence electrons. The summed E-state index contributed by atoms with van der Waals surface area (Å²) in [5, 5.41) is 8.97. The highest BCUT2D eigenvalue weighted by Gasteiger charge is 2.32. The van der Waals surface area contributed by atoms with Gasteiger partial charge in [-0.3, -0.25) is 4.79 Å². The van der Waals surface area contributed by atoms with E-state index in [1.807, 2.05) is 24.3 Å². The van der Waals surface area contributed by atoms with Crippen molar-refractivity contribution < 1.29 is 14.6 Å². The quantitative estimate of drug-likeness (QED) is 0.813. The minimum absolute atomic E-state index is 0.00738. The van der Waals surface area contributed by atoms with Crippen molar-refractivity contribution in [3.8, 4) is 5.75 Å². The number of carbonyl (C=O) groups is 1. The van der Waals surface area contributed by atoms with Crippen molar-refractivity contribution in [3.05, 3.63) is 29.8 Å². The lowest BCUT2D eigenvalue weighted by atomic mass is 10.2. The molecule has 4 nitrogen and oxygen atoms in total. The third kappa shape index (κ3) is 3.96. The van der Waals surface area contributed by atoms with Gasteiger partial charge in [0, 0.05) is 12.6 Å². The Labute approximate surface area is 114 Å². The number of aliphatic hydroxyl groups is 1. The monoisotopic (exact) mass is 263 g/mol. The minimum Gasteiger partial charge on any atom is -0.484 e. The zero-order valence-corrected chi connectivity index (χ0v) is 11.3. The maximum Gasteiger partial charge on any atom is 0.260 e. The number of aryl methyl sites for hydroxylation is 1. The van der Waals surface area contributed by atoms with E-state index >= 15 is 0 Å². The number of benzene rings is 1. The third-order valence-corrected chi connectivity index (χ3v) is 3.34. The molecule has 1 aliphatic carbocycles. The average molecular weight is 263 g/mol. The van der Waals surface area contributed by atoms with E-state index in [9.17, 15) is 4.79 Å². The Bertz CT molecular complexity index is 412. The number of carbonyl (C=O) groups excluding carboxylic acids is 1. The lowest BCUT2D eigenvalue weighted by molar-refractivity contribution is -0.134. The van der Waals surface area contributed by atoms with Gasteiger partial charge in [0.15, 0.2) is 6.61 Å². The summed E-state index contributed by atoms with van der Waals surface area (Å²) in [5.74, 6) is 0.668. The van der Waals surface area contributed by atoms with Crippen LogP contribution in [-0.2, 0) is 11.2 Å². The van der Waals surface area contributed by atoms with Crippen molar-refractivity contribution in [1.29, 1.82) is 0 Å². The molecule has 0 bridgehead atoms. The van der Waals surface area contributed by atoms with Crippen LogP contribution in [0.15, 0.2) is 24.3 Å². The van der Waals surface area contributed by atoms with E-state index in [0.29, 0.717) is 18.3 Å². The maximum absolute atomic E-state index is 12.0. The SMILES string of the molecule is CCc1ccc(OCC(=O)N(CCO)C2CC2)cc1. The molecule has 0 heterocycles. The Kier molecular flexibility index (Phi) is 4.80. The van der Waals surface area contributed by atoms with E-state index in [4.69, 9.17) is 9.84 Å². The van der Waals surface area contributed by atoms with Crippen LogP contribution in [0.1, 0.15) is 25.3 Å². The van der Waals surface area contributed by atoms with E-state index in [1.165, 1.54) is 5.56 Å². The van der Waals surface area contributed by atoms with E-state index in [1.54, 1.807) is 4.90 Å². The first-order chi connectivity index (χ1) is 9.24. The number of hydrogen-bond acceptors (Lipinski definition) is 3. The first-order valence-corrected chi connectivity index (χ1v) is 6.86. The molecule has 0 radical (unpaired) electrons. The molecule has 4 heteroatoms. The summed E-state index contributed by atoms with van der Waals surface area (Å²) in [6.45, 7) is 2.55. The Morgan fingerprint density at radius 3 is 2.58 bits per heavy atom. The van der Waals surface area contributed by atoms with Gasteiger partial charge in [0.1, 0.15) is 5.75 Å². The third-order valence-electron chi connectivity index (χ3n) is 3.34. The number of aliphatic hydroxyl groups excluding tert-OH is 1. The lowest BCUT2D eigenvalue weighted by Crippen LogP contribution is -2.38. The van der Waals surface area contributed by atoms with Crippen molar-refractivity contribution in [2.24, 2.45) is 0 Å². The van der Waals surface area contributed by atoms with Crippen molar-refractivity contribution in [1.82, 2.24) is 4.90 Å². The second kappa shape index (κ2) is 6.57. The molecule has 1 N–H and O–H groups in total. The Morgan fingerprint density at radius 2 is 2.05 bits per heavy atom. The van der Waals surface area contributed by atoms with Gasteiger partial charge in [-0.15, -0.1) is 0 Å². The summed E-state index contributed by atoms with van der Waals surface area (Å²) in [5.41, 5.74) is 1.25. The van der Waals surface area contributed by atoms with Crippen LogP contribution in [0.2, 0.25) is 0 Å². The minimum atomic E-state index is -0.0453. The van der Waals surface area contributed by atoms with Crippen molar-refractivity contribution >= 4 is 5.91 Å².